The molecule has 1 saturated heterocycles. The van der Waals surface area contributed by atoms with E-state index in [1.165, 1.54) is 38.8 Å². The van der Waals surface area contributed by atoms with E-state index in [9.17, 15) is 0 Å². The molecule has 3 nitrogen and oxygen atoms in total. The van der Waals surface area contributed by atoms with Gasteiger partial charge in [0.15, 0.2) is 0 Å². The van der Waals surface area contributed by atoms with Crippen LogP contribution in [-0.2, 0) is 0 Å². The number of hydrogen-bond donors (Lipinski definition) is 1. The van der Waals surface area contributed by atoms with Gasteiger partial charge in [0.1, 0.15) is 0 Å². The fourth-order valence-corrected chi connectivity index (χ4v) is 3.76. The Morgan fingerprint density at radius 1 is 1.28 bits per heavy atom. The maximum absolute atomic E-state index is 6.11. The average molecular weight is 253 g/mol. The van der Waals surface area contributed by atoms with Crippen molar-refractivity contribution >= 4 is 0 Å². The van der Waals surface area contributed by atoms with Crippen molar-refractivity contribution < 1.29 is 0 Å². The Morgan fingerprint density at radius 3 is 2.28 bits per heavy atom. The van der Waals surface area contributed by atoms with E-state index < -0.39 is 0 Å². The van der Waals surface area contributed by atoms with Crippen molar-refractivity contribution in [3.63, 3.8) is 0 Å². The second-order valence-corrected chi connectivity index (χ2v) is 6.99. The van der Waals surface area contributed by atoms with Crippen LogP contribution in [0.1, 0.15) is 39.5 Å². The number of piperidine rings is 1. The van der Waals surface area contributed by atoms with Crippen molar-refractivity contribution in [1.82, 2.24) is 9.80 Å². The topological polar surface area (TPSA) is 32.5 Å². The van der Waals surface area contributed by atoms with Gasteiger partial charge in [0.05, 0.1) is 0 Å². The van der Waals surface area contributed by atoms with E-state index in [1.807, 2.05) is 0 Å². The fraction of sp³-hybridized carbons (Fsp3) is 1.00. The van der Waals surface area contributed by atoms with Crippen molar-refractivity contribution in [3.8, 4) is 0 Å². The normalized spacial score (nSPS) is 35.2. The highest BCUT2D eigenvalue weighted by Crippen LogP contribution is 2.46. The second-order valence-electron chi connectivity index (χ2n) is 6.99. The van der Waals surface area contributed by atoms with Gasteiger partial charge in [-0.05, 0) is 64.7 Å². The Kier molecular flexibility index (Phi) is 4.35. The van der Waals surface area contributed by atoms with E-state index in [1.54, 1.807) is 0 Å². The van der Waals surface area contributed by atoms with Gasteiger partial charge in [0, 0.05) is 18.1 Å². The first-order valence-electron chi connectivity index (χ1n) is 7.60. The third kappa shape index (κ3) is 2.59. The van der Waals surface area contributed by atoms with Gasteiger partial charge in [0.25, 0.3) is 0 Å². The molecule has 1 aliphatic heterocycles. The number of hydrogen-bond acceptors (Lipinski definition) is 3. The summed E-state index contributed by atoms with van der Waals surface area (Å²) in [7, 11) is 4.55. The first-order chi connectivity index (χ1) is 8.48. The molecule has 2 rings (SSSR count). The Morgan fingerprint density at radius 2 is 1.83 bits per heavy atom. The molecule has 1 aliphatic carbocycles. The molecule has 0 atom stereocenters. The zero-order valence-corrected chi connectivity index (χ0v) is 12.7. The molecule has 0 bridgehead atoms. The molecule has 2 aliphatic rings. The van der Waals surface area contributed by atoms with E-state index in [-0.39, 0.29) is 0 Å². The highest BCUT2D eigenvalue weighted by atomic mass is 15.2. The number of likely N-dealkylation sites (N-methyl/N-ethyl adjacent to an activating group) is 1. The van der Waals surface area contributed by atoms with Crippen molar-refractivity contribution in [3.05, 3.63) is 0 Å². The molecule has 0 spiro atoms. The maximum Gasteiger partial charge on any atom is 0.0337 e. The first kappa shape index (κ1) is 14.3. The van der Waals surface area contributed by atoms with Gasteiger partial charge in [-0.2, -0.15) is 0 Å². The lowest BCUT2D eigenvalue weighted by Crippen LogP contribution is -2.64. The number of rotatable bonds is 4. The summed E-state index contributed by atoms with van der Waals surface area (Å²) in [6.45, 7) is 8.01. The maximum atomic E-state index is 6.11. The minimum Gasteiger partial charge on any atom is -0.329 e. The van der Waals surface area contributed by atoms with Crippen LogP contribution in [-0.4, -0.2) is 55.1 Å². The fourth-order valence-electron chi connectivity index (χ4n) is 3.76. The van der Waals surface area contributed by atoms with Crippen LogP contribution >= 0.6 is 0 Å². The van der Waals surface area contributed by atoms with Crippen LogP contribution < -0.4 is 5.73 Å². The SMILES string of the molecule is CC(C)C1CC(CN)(N(C)C2CCN(C)CC2)C1. The molecule has 18 heavy (non-hydrogen) atoms. The Bertz CT molecular complexity index is 263. The minimum atomic E-state index is 0.315. The van der Waals surface area contributed by atoms with Crippen molar-refractivity contribution in [2.45, 2.75) is 51.1 Å². The zero-order valence-electron chi connectivity index (χ0n) is 12.7. The first-order valence-corrected chi connectivity index (χ1v) is 7.60. The van der Waals surface area contributed by atoms with Crippen LogP contribution in [0, 0.1) is 11.8 Å². The molecule has 2 fully saturated rings. The molecule has 106 valence electrons. The summed E-state index contributed by atoms with van der Waals surface area (Å²) in [4.78, 5) is 5.08. The van der Waals surface area contributed by atoms with Crippen LogP contribution in [0.4, 0.5) is 0 Å². The van der Waals surface area contributed by atoms with Gasteiger partial charge in [0.2, 0.25) is 0 Å². The number of nitrogens with two attached hydrogens (primary N) is 1. The van der Waals surface area contributed by atoms with Gasteiger partial charge >= 0.3 is 0 Å². The summed E-state index contributed by atoms with van der Waals surface area (Å²) < 4.78 is 0. The van der Waals surface area contributed by atoms with Crippen LogP contribution in [0.5, 0.6) is 0 Å². The lowest BCUT2D eigenvalue weighted by molar-refractivity contribution is -0.0544. The molecule has 0 amide bonds. The van der Waals surface area contributed by atoms with Gasteiger partial charge in [-0.1, -0.05) is 13.8 Å². The smallest absolute Gasteiger partial charge is 0.0337 e. The summed E-state index contributed by atoms with van der Waals surface area (Å²) in [5.74, 6) is 1.71. The Balaban J connectivity index is 1.93. The molecule has 0 aromatic carbocycles. The lowest BCUT2D eigenvalue weighted by Gasteiger charge is -2.57. The van der Waals surface area contributed by atoms with E-state index in [0.717, 1.165) is 24.4 Å². The Labute approximate surface area is 113 Å². The molecule has 0 radical (unpaired) electrons. The summed E-state index contributed by atoms with van der Waals surface area (Å²) in [6, 6.07) is 0.748. The second kappa shape index (κ2) is 5.48. The van der Waals surface area contributed by atoms with E-state index in [4.69, 9.17) is 5.73 Å². The zero-order chi connectivity index (χ0) is 13.3. The molecular formula is C15H31N3. The summed E-state index contributed by atoms with van der Waals surface area (Å²) in [6.07, 6.45) is 5.23. The summed E-state index contributed by atoms with van der Waals surface area (Å²) >= 11 is 0. The minimum absolute atomic E-state index is 0.315. The van der Waals surface area contributed by atoms with Crippen LogP contribution in [0.15, 0.2) is 0 Å². The molecular weight excluding hydrogens is 222 g/mol. The number of likely N-dealkylation sites (tertiary alicyclic amines) is 1. The molecule has 0 unspecified atom stereocenters. The van der Waals surface area contributed by atoms with Gasteiger partial charge in [-0.3, -0.25) is 4.90 Å². The van der Waals surface area contributed by atoms with Crippen molar-refractivity contribution in [2.75, 3.05) is 33.7 Å². The predicted octanol–water partition coefficient (Wildman–Crippen LogP) is 1.78. The van der Waals surface area contributed by atoms with Gasteiger partial charge in [-0.25, -0.2) is 0 Å². The van der Waals surface area contributed by atoms with Crippen LogP contribution in [0.25, 0.3) is 0 Å². The van der Waals surface area contributed by atoms with Crippen molar-refractivity contribution in [2.24, 2.45) is 17.6 Å². The average Bonchev–Trinajstić information content (AvgIpc) is 2.28. The predicted molar refractivity (Wildman–Crippen MR) is 77.6 cm³/mol. The molecule has 3 heteroatoms. The molecule has 0 aromatic rings. The van der Waals surface area contributed by atoms with Gasteiger partial charge < -0.3 is 10.6 Å². The number of nitrogens with zero attached hydrogens (tertiary/aromatic N) is 2. The standard InChI is InChI=1S/C15H31N3/c1-12(2)13-9-15(10-13,11-16)18(4)14-5-7-17(3)8-6-14/h12-14H,5-11,16H2,1-4H3. The highest BCUT2D eigenvalue weighted by molar-refractivity contribution is 5.05. The summed E-state index contributed by atoms with van der Waals surface area (Å²) in [5.41, 5.74) is 6.43. The third-order valence-electron chi connectivity index (χ3n) is 5.59. The van der Waals surface area contributed by atoms with Gasteiger partial charge in [-0.15, -0.1) is 0 Å². The largest absolute Gasteiger partial charge is 0.329 e. The molecule has 1 saturated carbocycles. The van der Waals surface area contributed by atoms with E-state index >= 15 is 0 Å². The molecule has 0 aromatic heterocycles. The quantitative estimate of drug-likeness (QED) is 0.829. The summed E-state index contributed by atoms with van der Waals surface area (Å²) in [5, 5.41) is 0. The third-order valence-corrected chi connectivity index (χ3v) is 5.59. The lowest BCUT2D eigenvalue weighted by atomic mass is 9.62. The highest BCUT2D eigenvalue weighted by Gasteiger charge is 2.48. The van der Waals surface area contributed by atoms with E-state index in [2.05, 4.69) is 37.7 Å². The Hall–Kier alpha value is -0.120. The van der Waals surface area contributed by atoms with E-state index in [0.29, 0.717) is 5.54 Å². The molecule has 1 heterocycles. The van der Waals surface area contributed by atoms with Crippen LogP contribution in [0.3, 0.4) is 0 Å². The molecule has 2 N–H and O–H groups in total. The monoisotopic (exact) mass is 253 g/mol. The van der Waals surface area contributed by atoms with Crippen LogP contribution in [0.2, 0.25) is 0 Å². The van der Waals surface area contributed by atoms with Crippen molar-refractivity contribution in [1.29, 1.82) is 0 Å².